The van der Waals surface area contributed by atoms with Gasteiger partial charge in [0.25, 0.3) is 5.91 Å². The molecule has 0 fully saturated rings. The normalized spacial score (nSPS) is 10.8. The van der Waals surface area contributed by atoms with E-state index in [0.717, 1.165) is 5.56 Å². The van der Waals surface area contributed by atoms with Gasteiger partial charge < -0.3 is 10.4 Å². The topological polar surface area (TPSA) is 84.2 Å². The molecule has 0 spiro atoms. The Hall–Kier alpha value is -3.12. The van der Waals surface area contributed by atoms with Crippen molar-refractivity contribution in [1.82, 2.24) is 9.78 Å². The maximum atomic E-state index is 12.6. The fraction of sp³-hybridized carbons (Fsp3) is 0.150. The largest absolute Gasteiger partial charge is 0.476 e. The summed E-state index contributed by atoms with van der Waals surface area (Å²) in [6, 6.07) is 15.5. The van der Waals surface area contributed by atoms with Crippen molar-refractivity contribution in [2.75, 3.05) is 5.32 Å². The smallest absolute Gasteiger partial charge is 0.356 e. The zero-order valence-electron chi connectivity index (χ0n) is 14.8. The second kappa shape index (κ2) is 7.63. The molecular formula is C20H18ClN3O3. The summed E-state index contributed by atoms with van der Waals surface area (Å²) < 4.78 is 1.39. The van der Waals surface area contributed by atoms with Crippen LogP contribution in [0.5, 0.6) is 0 Å². The van der Waals surface area contributed by atoms with Crippen molar-refractivity contribution >= 4 is 29.3 Å². The van der Waals surface area contributed by atoms with Crippen LogP contribution in [0.3, 0.4) is 0 Å². The van der Waals surface area contributed by atoms with Crippen LogP contribution < -0.4 is 5.32 Å². The molecule has 138 valence electrons. The van der Waals surface area contributed by atoms with Crippen molar-refractivity contribution in [1.29, 1.82) is 0 Å². The molecule has 0 atom stereocenters. The number of carboxylic acids is 1. The first kappa shape index (κ1) is 18.7. The van der Waals surface area contributed by atoms with Crippen molar-refractivity contribution in [3.05, 3.63) is 76.4 Å². The molecule has 27 heavy (non-hydrogen) atoms. The van der Waals surface area contributed by atoms with Crippen LogP contribution in [0, 0.1) is 0 Å². The van der Waals surface area contributed by atoms with Gasteiger partial charge in [0.1, 0.15) is 5.82 Å². The van der Waals surface area contributed by atoms with E-state index in [9.17, 15) is 14.7 Å². The second-order valence-corrected chi connectivity index (χ2v) is 6.72. The van der Waals surface area contributed by atoms with E-state index in [1.807, 2.05) is 24.3 Å². The van der Waals surface area contributed by atoms with Gasteiger partial charge in [-0.3, -0.25) is 4.79 Å². The summed E-state index contributed by atoms with van der Waals surface area (Å²) in [4.78, 5) is 23.9. The Morgan fingerprint density at radius 1 is 1.11 bits per heavy atom. The van der Waals surface area contributed by atoms with Gasteiger partial charge in [0.15, 0.2) is 5.69 Å². The molecule has 0 aliphatic heterocycles. The quantitative estimate of drug-likeness (QED) is 0.674. The third-order valence-corrected chi connectivity index (χ3v) is 4.42. The summed E-state index contributed by atoms with van der Waals surface area (Å²) in [6.07, 6.45) is 0. The van der Waals surface area contributed by atoms with Crippen molar-refractivity contribution < 1.29 is 14.7 Å². The van der Waals surface area contributed by atoms with E-state index in [2.05, 4.69) is 24.3 Å². The lowest BCUT2D eigenvalue weighted by Crippen LogP contribution is -2.15. The van der Waals surface area contributed by atoms with E-state index in [1.165, 1.54) is 10.7 Å². The molecule has 3 rings (SSSR count). The van der Waals surface area contributed by atoms with Crippen LogP contribution >= 0.6 is 11.6 Å². The standard InChI is InChI=1S/C20H18ClN3O3/c1-12(2)13-7-9-14(10-8-13)24-18(11-17(23-24)20(26)27)22-19(25)15-5-3-4-6-16(15)21/h3-12H,1-2H3,(H,22,25)(H,26,27). The predicted octanol–water partition coefficient (Wildman–Crippen LogP) is 4.60. The summed E-state index contributed by atoms with van der Waals surface area (Å²) in [5, 5.41) is 16.4. The van der Waals surface area contributed by atoms with Crippen molar-refractivity contribution in [3.63, 3.8) is 0 Å². The molecule has 0 saturated carbocycles. The number of anilines is 1. The Bertz CT molecular complexity index is 994. The van der Waals surface area contributed by atoms with E-state index < -0.39 is 11.9 Å². The van der Waals surface area contributed by atoms with E-state index in [0.29, 0.717) is 22.2 Å². The zero-order chi connectivity index (χ0) is 19.6. The lowest BCUT2D eigenvalue weighted by Gasteiger charge is -2.11. The van der Waals surface area contributed by atoms with Crippen LogP contribution in [0.1, 0.15) is 46.2 Å². The number of aromatic nitrogens is 2. The van der Waals surface area contributed by atoms with Gasteiger partial charge in [-0.2, -0.15) is 5.10 Å². The number of hydrogen-bond acceptors (Lipinski definition) is 3. The van der Waals surface area contributed by atoms with E-state index >= 15 is 0 Å². The van der Waals surface area contributed by atoms with Crippen LogP contribution in [-0.4, -0.2) is 26.8 Å². The number of rotatable bonds is 5. The first-order valence-corrected chi connectivity index (χ1v) is 8.74. The maximum absolute atomic E-state index is 12.6. The van der Waals surface area contributed by atoms with E-state index in [1.54, 1.807) is 24.3 Å². The zero-order valence-corrected chi connectivity index (χ0v) is 15.6. The molecular weight excluding hydrogens is 366 g/mol. The van der Waals surface area contributed by atoms with Crippen LogP contribution in [0.25, 0.3) is 5.69 Å². The average molecular weight is 384 g/mol. The lowest BCUT2D eigenvalue weighted by molar-refractivity contribution is 0.0689. The van der Waals surface area contributed by atoms with Gasteiger partial charge in [-0.25, -0.2) is 9.48 Å². The monoisotopic (exact) mass is 383 g/mol. The van der Waals surface area contributed by atoms with Crippen LogP contribution in [0.4, 0.5) is 5.82 Å². The van der Waals surface area contributed by atoms with Gasteiger partial charge in [-0.15, -0.1) is 0 Å². The highest BCUT2D eigenvalue weighted by Crippen LogP contribution is 2.22. The summed E-state index contributed by atoms with van der Waals surface area (Å²) in [6.45, 7) is 4.17. The summed E-state index contributed by atoms with van der Waals surface area (Å²) in [5.74, 6) is -1.02. The van der Waals surface area contributed by atoms with E-state index in [4.69, 9.17) is 11.6 Å². The molecule has 0 aliphatic carbocycles. The Morgan fingerprint density at radius 3 is 2.37 bits per heavy atom. The first-order chi connectivity index (χ1) is 12.9. The second-order valence-electron chi connectivity index (χ2n) is 6.31. The third-order valence-electron chi connectivity index (χ3n) is 4.09. The van der Waals surface area contributed by atoms with Gasteiger partial charge in [-0.1, -0.05) is 49.7 Å². The van der Waals surface area contributed by atoms with Crippen LogP contribution in [-0.2, 0) is 0 Å². The predicted molar refractivity (Wildman–Crippen MR) is 104 cm³/mol. The average Bonchev–Trinajstić information content (AvgIpc) is 3.06. The molecule has 3 aromatic rings. The van der Waals surface area contributed by atoms with Crippen molar-refractivity contribution in [3.8, 4) is 5.69 Å². The molecule has 1 aromatic heterocycles. The number of hydrogen-bond donors (Lipinski definition) is 2. The highest BCUT2D eigenvalue weighted by molar-refractivity contribution is 6.34. The highest BCUT2D eigenvalue weighted by atomic mass is 35.5. The number of aromatic carboxylic acids is 1. The number of carbonyl (C=O) groups excluding carboxylic acids is 1. The minimum Gasteiger partial charge on any atom is -0.476 e. The molecule has 0 radical (unpaired) electrons. The van der Waals surface area contributed by atoms with Gasteiger partial charge >= 0.3 is 5.97 Å². The van der Waals surface area contributed by atoms with Crippen LogP contribution in [0.15, 0.2) is 54.6 Å². The minimum absolute atomic E-state index is 0.169. The number of amides is 1. The Kier molecular flexibility index (Phi) is 5.28. The first-order valence-electron chi connectivity index (χ1n) is 8.36. The number of nitrogens with one attached hydrogen (secondary N) is 1. The molecule has 0 saturated heterocycles. The Labute approximate surface area is 161 Å². The van der Waals surface area contributed by atoms with Gasteiger partial charge in [-0.05, 0) is 35.7 Å². The van der Waals surface area contributed by atoms with Gasteiger partial charge in [0.05, 0.1) is 16.3 Å². The number of halogens is 1. The molecule has 7 heteroatoms. The molecule has 1 heterocycles. The minimum atomic E-state index is -1.18. The van der Waals surface area contributed by atoms with Gasteiger partial charge in [0.2, 0.25) is 0 Å². The molecule has 6 nitrogen and oxygen atoms in total. The molecule has 0 aliphatic rings. The molecule has 2 aromatic carbocycles. The van der Waals surface area contributed by atoms with E-state index in [-0.39, 0.29) is 11.5 Å². The fourth-order valence-electron chi connectivity index (χ4n) is 2.60. The number of carboxylic acid groups (broad SMARTS) is 1. The van der Waals surface area contributed by atoms with Crippen molar-refractivity contribution in [2.45, 2.75) is 19.8 Å². The van der Waals surface area contributed by atoms with Gasteiger partial charge in [0, 0.05) is 6.07 Å². The number of benzene rings is 2. The molecule has 2 N–H and O–H groups in total. The molecule has 1 amide bonds. The van der Waals surface area contributed by atoms with Crippen molar-refractivity contribution in [2.24, 2.45) is 0 Å². The Morgan fingerprint density at radius 2 is 1.78 bits per heavy atom. The van der Waals surface area contributed by atoms with Crippen LogP contribution in [0.2, 0.25) is 5.02 Å². The lowest BCUT2D eigenvalue weighted by atomic mass is 10.0. The SMILES string of the molecule is CC(C)c1ccc(-n2nc(C(=O)O)cc2NC(=O)c2ccccc2Cl)cc1. The third kappa shape index (κ3) is 4.01. The fourth-order valence-corrected chi connectivity index (χ4v) is 2.82. The molecule has 0 unspecified atom stereocenters. The highest BCUT2D eigenvalue weighted by Gasteiger charge is 2.18. The Balaban J connectivity index is 1.98. The molecule has 0 bridgehead atoms. The summed E-state index contributed by atoms with van der Waals surface area (Å²) in [5.41, 5.74) is 1.91. The number of nitrogens with zero attached hydrogens (tertiary/aromatic N) is 2. The number of carbonyl (C=O) groups is 2. The maximum Gasteiger partial charge on any atom is 0.356 e. The summed E-state index contributed by atoms with van der Waals surface area (Å²) >= 11 is 6.07. The summed E-state index contributed by atoms with van der Waals surface area (Å²) in [7, 11) is 0.